The molecule has 0 radical (unpaired) electrons. The van der Waals surface area contributed by atoms with E-state index < -0.39 is 0 Å². The van der Waals surface area contributed by atoms with E-state index in [4.69, 9.17) is 4.42 Å². The molecular weight excluding hydrogens is 332 g/mol. The first kappa shape index (κ1) is 16.6. The summed E-state index contributed by atoms with van der Waals surface area (Å²) in [5.74, 6) is 2.61. The molecule has 3 aromatic rings. The molecule has 0 aliphatic carbocycles. The zero-order chi connectivity index (χ0) is 17.9. The molecule has 0 aromatic carbocycles. The van der Waals surface area contributed by atoms with E-state index in [1.807, 2.05) is 21.8 Å². The van der Waals surface area contributed by atoms with Crippen LogP contribution in [-0.2, 0) is 13.1 Å². The van der Waals surface area contributed by atoms with Crippen LogP contribution >= 0.6 is 0 Å². The number of rotatable bonds is 5. The number of carbonyl (C=O) groups is 1. The lowest BCUT2D eigenvalue weighted by molar-refractivity contribution is 0.0678. The van der Waals surface area contributed by atoms with Crippen LogP contribution in [0.25, 0.3) is 0 Å². The first-order valence-electron chi connectivity index (χ1n) is 8.98. The van der Waals surface area contributed by atoms with Gasteiger partial charge in [0.1, 0.15) is 12.4 Å². The fraction of sp³-hybridized carbons (Fsp3) is 0.444. The Morgan fingerprint density at radius 3 is 2.77 bits per heavy atom. The zero-order valence-corrected chi connectivity index (χ0v) is 14.8. The number of amides is 1. The fourth-order valence-electron chi connectivity index (χ4n) is 3.55. The van der Waals surface area contributed by atoms with Gasteiger partial charge >= 0.3 is 0 Å². The molecule has 26 heavy (non-hydrogen) atoms. The predicted octanol–water partition coefficient (Wildman–Crippen LogP) is 2.16. The van der Waals surface area contributed by atoms with Gasteiger partial charge in [0, 0.05) is 37.9 Å². The van der Waals surface area contributed by atoms with Crippen molar-refractivity contribution < 1.29 is 9.21 Å². The van der Waals surface area contributed by atoms with Crippen LogP contribution in [0, 0.1) is 0 Å². The molecule has 1 aliphatic heterocycles. The van der Waals surface area contributed by atoms with E-state index in [0.717, 1.165) is 31.0 Å². The lowest BCUT2D eigenvalue weighted by atomic mass is 9.95. The van der Waals surface area contributed by atoms with Crippen LogP contribution in [-0.4, -0.2) is 48.4 Å². The van der Waals surface area contributed by atoms with E-state index >= 15 is 0 Å². The van der Waals surface area contributed by atoms with Crippen molar-refractivity contribution >= 4 is 5.91 Å². The highest BCUT2D eigenvalue weighted by atomic mass is 16.3. The Hall–Kier alpha value is -2.90. The summed E-state index contributed by atoms with van der Waals surface area (Å²) in [6.07, 6.45) is 6.98. The fourth-order valence-corrected chi connectivity index (χ4v) is 3.55. The maximum Gasteiger partial charge on any atom is 0.289 e. The third-order valence-corrected chi connectivity index (χ3v) is 4.91. The van der Waals surface area contributed by atoms with E-state index in [-0.39, 0.29) is 5.91 Å². The largest absolute Gasteiger partial charge is 0.459 e. The van der Waals surface area contributed by atoms with E-state index in [9.17, 15) is 4.79 Å². The third-order valence-electron chi connectivity index (χ3n) is 4.91. The molecule has 3 aromatic heterocycles. The normalized spacial score (nSPS) is 15.5. The minimum Gasteiger partial charge on any atom is -0.459 e. The number of piperidine rings is 1. The van der Waals surface area contributed by atoms with Crippen molar-refractivity contribution in [3.8, 4) is 0 Å². The highest BCUT2D eigenvalue weighted by Gasteiger charge is 2.29. The highest BCUT2D eigenvalue weighted by Crippen LogP contribution is 2.28. The van der Waals surface area contributed by atoms with Gasteiger partial charge in [0.05, 0.1) is 6.26 Å². The van der Waals surface area contributed by atoms with Gasteiger partial charge < -0.3 is 13.9 Å². The summed E-state index contributed by atoms with van der Waals surface area (Å²) in [7, 11) is 0. The van der Waals surface area contributed by atoms with Crippen molar-refractivity contribution in [1.82, 2.24) is 29.4 Å². The van der Waals surface area contributed by atoms with Gasteiger partial charge in [-0.1, -0.05) is 0 Å². The van der Waals surface area contributed by atoms with Crippen LogP contribution < -0.4 is 0 Å². The Bertz CT molecular complexity index is 845. The van der Waals surface area contributed by atoms with Crippen LogP contribution in [0.5, 0.6) is 0 Å². The van der Waals surface area contributed by atoms with Crippen molar-refractivity contribution in [2.45, 2.75) is 38.8 Å². The standard InChI is InChI=1S/C18H22N6O2/c1-2-24-16(13-23-9-4-8-19-23)20-21-17(24)14-6-10-22(11-7-14)18(25)15-5-3-12-26-15/h3-5,8-9,12,14H,2,6-7,10-11,13H2,1H3. The van der Waals surface area contributed by atoms with Crippen molar-refractivity contribution in [3.05, 3.63) is 54.3 Å². The Labute approximate surface area is 151 Å². The van der Waals surface area contributed by atoms with Gasteiger partial charge in [0.2, 0.25) is 0 Å². The van der Waals surface area contributed by atoms with E-state index in [0.29, 0.717) is 31.3 Å². The monoisotopic (exact) mass is 354 g/mol. The van der Waals surface area contributed by atoms with Crippen molar-refractivity contribution in [2.75, 3.05) is 13.1 Å². The molecular formula is C18H22N6O2. The second-order valence-electron chi connectivity index (χ2n) is 6.47. The number of hydrogen-bond acceptors (Lipinski definition) is 5. The Morgan fingerprint density at radius 2 is 2.12 bits per heavy atom. The van der Waals surface area contributed by atoms with Crippen LogP contribution in [0.3, 0.4) is 0 Å². The molecule has 0 unspecified atom stereocenters. The molecule has 0 saturated carbocycles. The molecule has 1 amide bonds. The molecule has 8 heteroatoms. The molecule has 4 rings (SSSR count). The smallest absolute Gasteiger partial charge is 0.289 e. The van der Waals surface area contributed by atoms with E-state index in [2.05, 4.69) is 26.8 Å². The number of carbonyl (C=O) groups excluding carboxylic acids is 1. The average Bonchev–Trinajstić information content (AvgIpc) is 3.43. The van der Waals surface area contributed by atoms with Crippen LogP contribution in [0.4, 0.5) is 0 Å². The Morgan fingerprint density at radius 1 is 1.27 bits per heavy atom. The second kappa shape index (κ2) is 7.15. The summed E-state index contributed by atoms with van der Waals surface area (Å²) in [5.41, 5.74) is 0. The first-order chi connectivity index (χ1) is 12.8. The zero-order valence-electron chi connectivity index (χ0n) is 14.8. The number of furan rings is 1. The lowest BCUT2D eigenvalue weighted by Crippen LogP contribution is -2.38. The SMILES string of the molecule is CCn1c(Cn2cccn2)nnc1C1CCN(C(=O)c2ccco2)CC1. The number of hydrogen-bond donors (Lipinski definition) is 0. The molecule has 1 fully saturated rings. The summed E-state index contributed by atoms with van der Waals surface area (Å²) >= 11 is 0. The van der Waals surface area contributed by atoms with Crippen LogP contribution in [0.15, 0.2) is 41.3 Å². The predicted molar refractivity (Wildman–Crippen MR) is 93.6 cm³/mol. The van der Waals surface area contributed by atoms with E-state index in [1.54, 1.807) is 18.3 Å². The van der Waals surface area contributed by atoms with Gasteiger partial charge in [-0.25, -0.2) is 0 Å². The van der Waals surface area contributed by atoms with Crippen LogP contribution in [0.1, 0.15) is 47.9 Å². The summed E-state index contributed by atoms with van der Waals surface area (Å²) in [5, 5.41) is 13.1. The summed E-state index contributed by atoms with van der Waals surface area (Å²) in [6, 6.07) is 5.36. The molecule has 8 nitrogen and oxygen atoms in total. The van der Waals surface area contributed by atoms with Crippen molar-refractivity contribution in [1.29, 1.82) is 0 Å². The lowest BCUT2D eigenvalue weighted by Gasteiger charge is -2.31. The molecule has 0 bridgehead atoms. The van der Waals surface area contributed by atoms with Gasteiger partial charge in [-0.15, -0.1) is 10.2 Å². The molecule has 0 atom stereocenters. The van der Waals surface area contributed by atoms with Crippen LogP contribution in [0.2, 0.25) is 0 Å². The van der Waals surface area contributed by atoms with Crippen molar-refractivity contribution in [2.24, 2.45) is 0 Å². The van der Waals surface area contributed by atoms with E-state index in [1.165, 1.54) is 6.26 Å². The minimum absolute atomic E-state index is 0.0372. The maximum absolute atomic E-state index is 12.4. The molecule has 136 valence electrons. The summed E-state index contributed by atoms with van der Waals surface area (Å²) in [6.45, 7) is 4.95. The van der Waals surface area contributed by atoms with Gasteiger partial charge in [-0.2, -0.15) is 5.10 Å². The minimum atomic E-state index is -0.0372. The maximum atomic E-state index is 12.4. The van der Waals surface area contributed by atoms with Gasteiger partial charge in [-0.05, 0) is 38.0 Å². The molecule has 4 heterocycles. The molecule has 0 N–H and O–H groups in total. The van der Waals surface area contributed by atoms with Gasteiger partial charge in [-0.3, -0.25) is 9.48 Å². The van der Waals surface area contributed by atoms with Gasteiger partial charge in [0.25, 0.3) is 5.91 Å². The molecule has 1 saturated heterocycles. The number of likely N-dealkylation sites (tertiary alicyclic amines) is 1. The number of aromatic nitrogens is 5. The molecule has 0 spiro atoms. The first-order valence-corrected chi connectivity index (χ1v) is 8.98. The quantitative estimate of drug-likeness (QED) is 0.701. The topological polar surface area (TPSA) is 82.0 Å². The summed E-state index contributed by atoms with van der Waals surface area (Å²) < 4.78 is 9.25. The van der Waals surface area contributed by atoms with Crippen molar-refractivity contribution in [3.63, 3.8) is 0 Å². The third kappa shape index (κ3) is 3.14. The van der Waals surface area contributed by atoms with Gasteiger partial charge in [0.15, 0.2) is 11.6 Å². The Kier molecular flexibility index (Phi) is 4.55. The molecule has 1 aliphatic rings. The second-order valence-corrected chi connectivity index (χ2v) is 6.47. The summed E-state index contributed by atoms with van der Waals surface area (Å²) in [4.78, 5) is 14.3. The average molecular weight is 354 g/mol. The highest BCUT2D eigenvalue weighted by molar-refractivity contribution is 5.91. The Balaban J connectivity index is 1.44. The number of nitrogens with zero attached hydrogens (tertiary/aromatic N) is 6.